The van der Waals surface area contributed by atoms with Gasteiger partial charge in [-0.3, -0.25) is 4.98 Å². The average molecular weight is 276 g/mol. The van der Waals surface area contributed by atoms with E-state index >= 15 is 0 Å². The van der Waals surface area contributed by atoms with Crippen LogP contribution in [0.25, 0.3) is 22.5 Å². The number of benzene rings is 2. The lowest BCUT2D eigenvalue weighted by molar-refractivity contribution is 1.16. The SMILES string of the molecule is O=NNc1cnc(-c2ccccc2)c(-c2ccccc2)n1. The van der Waals surface area contributed by atoms with Crippen LogP contribution >= 0.6 is 0 Å². The van der Waals surface area contributed by atoms with Gasteiger partial charge in [0.05, 0.1) is 22.9 Å². The second kappa shape index (κ2) is 5.92. The van der Waals surface area contributed by atoms with Gasteiger partial charge in [0.25, 0.3) is 0 Å². The van der Waals surface area contributed by atoms with E-state index in [1.54, 1.807) is 0 Å². The zero-order chi connectivity index (χ0) is 14.5. The third-order valence-electron chi connectivity index (χ3n) is 3.03. The molecule has 0 spiro atoms. The fourth-order valence-electron chi connectivity index (χ4n) is 2.09. The first-order valence-corrected chi connectivity index (χ1v) is 6.45. The Kier molecular flexibility index (Phi) is 3.64. The number of hydrogen-bond donors (Lipinski definition) is 1. The van der Waals surface area contributed by atoms with Gasteiger partial charge in [0.1, 0.15) is 0 Å². The highest BCUT2D eigenvalue weighted by Gasteiger charge is 2.11. The number of rotatable bonds is 4. The van der Waals surface area contributed by atoms with E-state index in [1.807, 2.05) is 60.7 Å². The number of nitrogens with zero attached hydrogens (tertiary/aromatic N) is 3. The number of nitroso groups, excluding NO2 is 1. The van der Waals surface area contributed by atoms with Gasteiger partial charge in [-0.2, -0.15) is 0 Å². The van der Waals surface area contributed by atoms with Gasteiger partial charge in [0.2, 0.25) is 0 Å². The number of anilines is 1. The van der Waals surface area contributed by atoms with Gasteiger partial charge in [-0.1, -0.05) is 60.7 Å². The van der Waals surface area contributed by atoms with Gasteiger partial charge in [-0.05, 0) is 0 Å². The number of aromatic nitrogens is 2. The molecule has 3 rings (SSSR count). The van der Waals surface area contributed by atoms with E-state index in [1.165, 1.54) is 6.20 Å². The van der Waals surface area contributed by atoms with Crippen LogP contribution in [0.5, 0.6) is 0 Å². The molecule has 2 aromatic carbocycles. The van der Waals surface area contributed by atoms with Gasteiger partial charge < -0.3 is 0 Å². The number of nitrogens with one attached hydrogen (secondary N) is 1. The minimum atomic E-state index is 0.323. The first-order chi connectivity index (χ1) is 10.4. The predicted molar refractivity (Wildman–Crippen MR) is 82.3 cm³/mol. The molecule has 102 valence electrons. The smallest absolute Gasteiger partial charge is 0.168 e. The molecule has 0 saturated heterocycles. The molecule has 1 aromatic heterocycles. The fourth-order valence-corrected chi connectivity index (χ4v) is 2.09. The van der Waals surface area contributed by atoms with Gasteiger partial charge >= 0.3 is 0 Å². The van der Waals surface area contributed by atoms with Crippen molar-refractivity contribution in [2.45, 2.75) is 0 Å². The van der Waals surface area contributed by atoms with Crippen LogP contribution in [0.1, 0.15) is 0 Å². The van der Waals surface area contributed by atoms with E-state index in [9.17, 15) is 4.91 Å². The molecule has 0 radical (unpaired) electrons. The quantitative estimate of drug-likeness (QED) is 0.579. The molecule has 1 N–H and O–H groups in total. The van der Waals surface area contributed by atoms with Crippen LogP contribution in [-0.4, -0.2) is 9.97 Å². The van der Waals surface area contributed by atoms with Gasteiger partial charge in [0.15, 0.2) is 5.82 Å². The monoisotopic (exact) mass is 276 g/mol. The second-order valence-electron chi connectivity index (χ2n) is 4.39. The molecular formula is C16H12N4O. The summed E-state index contributed by atoms with van der Waals surface area (Å²) in [5.41, 5.74) is 5.65. The van der Waals surface area contributed by atoms with Crippen molar-refractivity contribution in [2.75, 3.05) is 5.43 Å². The van der Waals surface area contributed by atoms with Crippen molar-refractivity contribution >= 4 is 5.82 Å². The summed E-state index contributed by atoms with van der Waals surface area (Å²) in [6.07, 6.45) is 1.50. The average Bonchev–Trinajstić information content (AvgIpc) is 2.57. The molecule has 0 fully saturated rings. The van der Waals surface area contributed by atoms with Gasteiger partial charge in [-0.15, -0.1) is 4.91 Å². The zero-order valence-corrected chi connectivity index (χ0v) is 11.1. The third-order valence-corrected chi connectivity index (χ3v) is 3.03. The van der Waals surface area contributed by atoms with E-state index in [0.717, 1.165) is 16.8 Å². The molecule has 1 heterocycles. The van der Waals surface area contributed by atoms with Crippen LogP contribution in [0.2, 0.25) is 0 Å². The lowest BCUT2D eigenvalue weighted by atomic mass is 10.0. The lowest BCUT2D eigenvalue weighted by Crippen LogP contribution is -1.98. The van der Waals surface area contributed by atoms with Crippen molar-refractivity contribution in [1.82, 2.24) is 9.97 Å². The summed E-state index contributed by atoms with van der Waals surface area (Å²) in [6.45, 7) is 0. The Morgan fingerprint density at radius 2 is 1.38 bits per heavy atom. The Morgan fingerprint density at radius 1 is 0.810 bits per heavy atom. The van der Waals surface area contributed by atoms with Crippen molar-refractivity contribution in [3.05, 3.63) is 71.8 Å². The van der Waals surface area contributed by atoms with Crippen molar-refractivity contribution in [1.29, 1.82) is 0 Å². The van der Waals surface area contributed by atoms with Crippen molar-refractivity contribution in [2.24, 2.45) is 5.29 Å². The maximum Gasteiger partial charge on any atom is 0.168 e. The molecule has 5 heteroatoms. The normalized spacial score (nSPS) is 10.1. The standard InChI is InChI=1S/C16H12N4O/c21-20-19-14-11-17-15(12-7-3-1-4-8-12)16(18-14)13-9-5-2-6-10-13/h1-11H,(H,18,19,21). The molecule has 5 nitrogen and oxygen atoms in total. The van der Waals surface area contributed by atoms with Crippen LogP contribution in [0.15, 0.2) is 72.1 Å². The molecule has 0 atom stereocenters. The van der Waals surface area contributed by atoms with Crippen molar-refractivity contribution in [3.63, 3.8) is 0 Å². The highest BCUT2D eigenvalue weighted by Crippen LogP contribution is 2.29. The molecule has 0 saturated carbocycles. The maximum absolute atomic E-state index is 10.3. The van der Waals surface area contributed by atoms with E-state index < -0.39 is 0 Å². The fraction of sp³-hybridized carbons (Fsp3) is 0. The number of hydrogen-bond acceptors (Lipinski definition) is 4. The molecular weight excluding hydrogens is 264 g/mol. The Balaban J connectivity index is 2.18. The molecule has 0 aliphatic rings. The lowest BCUT2D eigenvalue weighted by Gasteiger charge is -2.09. The van der Waals surface area contributed by atoms with Gasteiger partial charge in [-0.25, -0.2) is 10.4 Å². The van der Waals surface area contributed by atoms with Crippen LogP contribution < -0.4 is 5.43 Å². The topological polar surface area (TPSA) is 67.2 Å². The molecule has 0 amide bonds. The molecule has 0 unspecified atom stereocenters. The predicted octanol–water partition coefficient (Wildman–Crippen LogP) is 3.90. The summed E-state index contributed by atoms with van der Waals surface area (Å²) in [5.74, 6) is 0.323. The highest BCUT2D eigenvalue weighted by molar-refractivity contribution is 5.78. The summed E-state index contributed by atoms with van der Waals surface area (Å²) in [7, 11) is 0. The zero-order valence-electron chi connectivity index (χ0n) is 11.1. The van der Waals surface area contributed by atoms with Crippen LogP contribution in [0.4, 0.5) is 5.82 Å². The molecule has 21 heavy (non-hydrogen) atoms. The highest BCUT2D eigenvalue weighted by atomic mass is 16.3. The van der Waals surface area contributed by atoms with Crippen LogP contribution in [0, 0.1) is 4.91 Å². The summed E-state index contributed by atoms with van der Waals surface area (Å²) in [5, 5.41) is 2.64. The minimum Gasteiger partial charge on any atom is -0.250 e. The maximum atomic E-state index is 10.3. The Bertz CT molecular complexity index is 745. The minimum absolute atomic E-state index is 0.323. The van der Waals surface area contributed by atoms with Gasteiger partial charge in [0, 0.05) is 11.1 Å². The largest absolute Gasteiger partial charge is 0.250 e. The summed E-state index contributed by atoms with van der Waals surface area (Å²) >= 11 is 0. The first kappa shape index (κ1) is 12.9. The molecule has 3 aromatic rings. The molecule has 0 bridgehead atoms. The van der Waals surface area contributed by atoms with Crippen molar-refractivity contribution < 1.29 is 0 Å². The Labute approximate surface area is 121 Å². The summed E-state index contributed by atoms with van der Waals surface area (Å²) in [4.78, 5) is 19.2. The summed E-state index contributed by atoms with van der Waals surface area (Å²) in [6, 6.07) is 19.5. The van der Waals surface area contributed by atoms with E-state index in [2.05, 4.69) is 20.7 Å². The molecule has 0 aliphatic carbocycles. The van der Waals surface area contributed by atoms with E-state index in [0.29, 0.717) is 11.5 Å². The Morgan fingerprint density at radius 3 is 1.95 bits per heavy atom. The third kappa shape index (κ3) is 2.76. The van der Waals surface area contributed by atoms with Crippen LogP contribution in [0.3, 0.4) is 0 Å². The summed E-state index contributed by atoms with van der Waals surface area (Å²) < 4.78 is 0. The second-order valence-corrected chi connectivity index (χ2v) is 4.39. The van der Waals surface area contributed by atoms with E-state index in [-0.39, 0.29) is 0 Å². The van der Waals surface area contributed by atoms with Crippen LogP contribution in [-0.2, 0) is 0 Å². The first-order valence-electron chi connectivity index (χ1n) is 6.45. The molecule has 0 aliphatic heterocycles. The van der Waals surface area contributed by atoms with E-state index in [4.69, 9.17) is 0 Å². The van der Waals surface area contributed by atoms with Crippen molar-refractivity contribution in [3.8, 4) is 22.5 Å². The Hall–Kier alpha value is -3.08.